The van der Waals surface area contributed by atoms with Gasteiger partial charge in [-0.25, -0.2) is 0 Å². The van der Waals surface area contributed by atoms with Crippen molar-refractivity contribution in [3.63, 3.8) is 0 Å². The average molecular weight is 267 g/mol. The van der Waals surface area contributed by atoms with Crippen LogP contribution in [0.25, 0.3) is 10.7 Å². The lowest BCUT2D eigenvalue weighted by Crippen LogP contribution is -1.83. The SMILES string of the molecule is N#Cc1ccc(-c2nnc(Br)s2)nc1. The number of nitriles is 1. The van der Waals surface area contributed by atoms with Crippen LogP contribution in [-0.2, 0) is 0 Å². The summed E-state index contributed by atoms with van der Waals surface area (Å²) in [5.41, 5.74) is 1.27. The molecular weight excluding hydrogens is 264 g/mol. The maximum atomic E-state index is 8.58. The van der Waals surface area contributed by atoms with Crippen LogP contribution < -0.4 is 0 Å². The largest absolute Gasteiger partial charge is 0.252 e. The van der Waals surface area contributed by atoms with Crippen LogP contribution in [0.2, 0.25) is 0 Å². The smallest absolute Gasteiger partial charge is 0.183 e. The van der Waals surface area contributed by atoms with E-state index in [4.69, 9.17) is 5.26 Å². The van der Waals surface area contributed by atoms with Gasteiger partial charge in [-0.2, -0.15) is 5.26 Å². The topological polar surface area (TPSA) is 62.5 Å². The molecule has 6 heteroatoms. The molecule has 0 radical (unpaired) electrons. The molecule has 0 amide bonds. The van der Waals surface area contributed by atoms with Gasteiger partial charge >= 0.3 is 0 Å². The fraction of sp³-hybridized carbons (Fsp3) is 0. The van der Waals surface area contributed by atoms with E-state index in [0.29, 0.717) is 5.56 Å². The Morgan fingerprint density at radius 1 is 1.36 bits per heavy atom. The lowest BCUT2D eigenvalue weighted by molar-refractivity contribution is 1.07. The summed E-state index contributed by atoms with van der Waals surface area (Å²) >= 11 is 4.63. The Morgan fingerprint density at radius 3 is 2.71 bits per heavy atom. The number of halogens is 1. The molecule has 14 heavy (non-hydrogen) atoms. The van der Waals surface area contributed by atoms with Crippen LogP contribution in [0, 0.1) is 11.3 Å². The molecule has 0 fully saturated rings. The molecule has 0 aliphatic rings. The van der Waals surface area contributed by atoms with Gasteiger partial charge in [-0.15, -0.1) is 10.2 Å². The molecule has 0 aromatic carbocycles. The summed E-state index contributed by atoms with van der Waals surface area (Å²) in [6.45, 7) is 0. The Hall–Kier alpha value is -1.32. The van der Waals surface area contributed by atoms with E-state index >= 15 is 0 Å². The van der Waals surface area contributed by atoms with Gasteiger partial charge in [0, 0.05) is 6.20 Å². The molecule has 68 valence electrons. The van der Waals surface area contributed by atoms with Gasteiger partial charge in [0.15, 0.2) is 8.92 Å². The van der Waals surface area contributed by atoms with Crippen molar-refractivity contribution in [2.24, 2.45) is 0 Å². The molecule has 0 N–H and O–H groups in total. The molecule has 0 unspecified atom stereocenters. The second kappa shape index (κ2) is 3.82. The first-order valence-corrected chi connectivity index (χ1v) is 5.26. The number of aromatic nitrogens is 3. The Morgan fingerprint density at radius 2 is 2.21 bits per heavy atom. The van der Waals surface area contributed by atoms with E-state index in [0.717, 1.165) is 14.6 Å². The quantitative estimate of drug-likeness (QED) is 0.794. The van der Waals surface area contributed by atoms with Crippen LogP contribution >= 0.6 is 27.3 Å². The average Bonchev–Trinajstić information content (AvgIpc) is 2.65. The summed E-state index contributed by atoms with van der Waals surface area (Å²) in [6.07, 6.45) is 1.52. The van der Waals surface area contributed by atoms with Crippen LogP contribution in [0.1, 0.15) is 5.56 Å². The van der Waals surface area contributed by atoms with Crippen LogP contribution in [0.4, 0.5) is 0 Å². The maximum Gasteiger partial charge on any atom is 0.183 e. The first kappa shape index (κ1) is 9.24. The lowest BCUT2D eigenvalue weighted by atomic mass is 10.3. The summed E-state index contributed by atoms with van der Waals surface area (Å²) in [5.74, 6) is 0. The fourth-order valence-electron chi connectivity index (χ4n) is 0.895. The van der Waals surface area contributed by atoms with Crippen molar-refractivity contribution in [2.45, 2.75) is 0 Å². The number of hydrogen-bond acceptors (Lipinski definition) is 5. The summed E-state index contributed by atoms with van der Waals surface area (Å²) in [5, 5.41) is 17.1. The third kappa shape index (κ3) is 1.78. The van der Waals surface area contributed by atoms with Gasteiger partial charge in [0.25, 0.3) is 0 Å². The standard InChI is InChI=1S/C8H3BrN4S/c9-8-13-12-7(14-8)6-2-1-5(3-10)4-11-6/h1-2,4H. The number of rotatable bonds is 1. The number of hydrogen-bond donors (Lipinski definition) is 0. The van der Waals surface area contributed by atoms with E-state index in [1.165, 1.54) is 17.5 Å². The molecule has 2 rings (SSSR count). The molecule has 0 aliphatic heterocycles. The molecule has 0 saturated heterocycles. The van der Waals surface area contributed by atoms with E-state index in [-0.39, 0.29) is 0 Å². The molecule has 2 aromatic heterocycles. The highest BCUT2D eigenvalue weighted by Crippen LogP contribution is 2.24. The zero-order chi connectivity index (χ0) is 9.97. The Labute approximate surface area is 92.4 Å². The molecule has 0 atom stereocenters. The highest BCUT2D eigenvalue weighted by atomic mass is 79.9. The molecule has 2 heterocycles. The fourth-order valence-corrected chi connectivity index (χ4v) is 1.98. The molecule has 2 aromatic rings. The van der Waals surface area contributed by atoms with Gasteiger partial charge < -0.3 is 0 Å². The predicted octanol–water partition coefficient (Wildman–Crippen LogP) is 2.23. The number of pyridine rings is 1. The number of nitrogens with zero attached hydrogens (tertiary/aromatic N) is 4. The zero-order valence-electron chi connectivity index (χ0n) is 6.81. The maximum absolute atomic E-state index is 8.58. The van der Waals surface area contributed by atoms with Gasteiger partial charge in [0.1, 0.15) is 11.8 Å². The third-order valence-electron chi connectivity index (χ3n) is 1.51. The van der Waals surface area contributed by atoms with Gasteiger partial charge in [-0.3, -0.25) is 4.98 Å². The third-order valence-corrected chi connectivity index (χ3v) is 2.89. The highest BCUT2D eigenvalue weighted by Gasteiger charge is 2.05. The zero-order valence-corrected chi connectivity index (χ0v) is 9.21. The second-order valence-corrected chi connectivity index (χ2v) is 4.66. The first-order chi connectivity index (χ1) is 6.79. The summed E-state index contributed by atoms with van der Waals surface area (Å²) in [4.78, 5) is 4.10. The van der Waals surface area contributed by atoms with Crippen molar-refractivity contribution in [1.29, 1.82) is 5.26 Å². The molecular formula is C8H3BrN4S. The summed E-state index contributed by atoms with van der Waals surface area (Å²) in [6, 6.07) is 5.47. The van der Waals surface area contributed by atoms with E-state index in [9.17, 15) is 0 Å². The summed E-state index contributed by atoms with van der Waals surface area (Å²) in [7, 11) is 0. The molecule has 0 saturated carbocycles. The first-order valence-electron chi connectivity index (χ1n) is 3.65. The van der Waals surface area contributed by atoms with Crippen LogP contribution in [-0.4, -0.2) is 15.2 Å². The van der Waals surface area contributed by atoms with Gasteiger partial charge in [0.05, 0.1) is 5.56 Å². The molecule has 4 nitrogen and oxygen atoms in total. The molecule has 0 spiro atoms. The molecule has 0 bridgehead atoms. The Bertz CT molecular complexity index is 485. The van der Waals surface area contributed by atoms with Crippen molar-refractivity contribution in [1.82, 2.24) is 15.2 Å². The van der Waals surface area contributed by atoms with Crippen molar-refractivity contribution < 1.29 is 0 Å². The normalized spacial score (nSPS) is 9.71. The molecule has 0 aliphatic carbocycles. The van der Waals surface area contributed by atoms with Gasteiger partial charge in [0.2, 0.25) is 0 Å². The minimum Gasteiger partial charge on any atom is -0.252 e. The predicted molar refractivity (Wildman–Crippen MR) is 55.6 cm³/mol. The van der Waals surface area contributed by atoms with Gasteiger partial charge in [-0.1, -0.05) is 11.3 Å². The monoisotopic (exact) mass is 266 g/mol. The second-order valence-electron chi connectivity index (χ2n) is 2.40. The minimum atomic E-state index is 0.539. The lowest BCUT2D eigenvalue weighted by Gasteiger charge is -1.92. The minimum absolute atomic E-state index is 0.539. The van der Waals surface area contributed by atoms with Crippen LogP contribution in [0.5, 0.6) is 0 Å². The van der Waals surface area contributed by atoms with E-state index in [2.05, 4.69) is 31.1 Å². The van der Waals surface area contributed by atoms with Crippen molar-refractivity contribution in [3.8, 4) is 16.8 Å². The van der Waals surface area contributed by atoms with Crippen molar-refractivity contribution in [3.05, 3.63) is 27.8 Å². The summed E-state index contributed by atoms with van der Waals surface area (Å²) < 4.78 is 0.721. The van der Waals surface area contributed by atoms with E-state index in [1.807, 2.05) is 6.07 Å². The Kier molecular flexibility index (Phi) is 2.52. The van der Waals surface area contributed by atoms with Crippen molar-refractivity contribution >= 4 is 27.3 Å². The Balaban J connectivity index is 2.39. The van der Waals surface area contributed by atoms with Crippen LogP contribution in [0.15, 0.2) is 22.2 Å². The van der Waals surface area contributed by atoms with Crippen LogP contribution in [0.3, 0.4) is 0 Å². The van der Waals surface area contributed by atoms with Gasteiger partial charge in [-0.05, 0) is 28.1 Å². The highest BCUT2D eigenvalue weighted by molar-refractivity contribution is 9.11. The van der Waals surface area contributed by atoms with E-state index in [1.54, 1.807) is 12.1 Å². The van der Waals surface area contributed by atoms with E-state index < -0.39 is 0 Å². The van der Waals surface area contributed by atoms with Crippen molar-refractivity contribution in [2.75, 3.05) is 0 Å².